The summed E-state index contributed by atoms with van der Waals surface area (Å²) in [7, 11) is 1.34. The van der Waals surface area contributed by atoms with E-state index in [1.165, 1.54) is 7.11 Å². The molecular weight excluding hydrogens is 354 g/mol. The normalized spacial score (nSPS) is 10.4. The number of carbonyl (C=O) groups is 2. The lowest BCUT2D eigenvalue weighted by Gasteiger charge is -2.06. The van der Waals surface area contributed by atoms with Gasteiger partial charge in [-0.3, -0.25) is 9.59 Å². The molecule has 0 aliphatic rings. The van der Waals surface area contributed by atoms with E-state index in [2.05, 4.69) is 10.1 Å². The molecule has 1 N–H and O–H groups in total. The first-order chi connectivity index (χ1) is 12.5. The number of benzene rings is 2. The third kappa shape index (κ3) is 4.32. The molecule has 0 aliphatic carbocycles. The highest BCUT2D eigenvalue weighted by molar-refractivity contribution is 6.30. The van der Waals surface area contributed by atoms with Crippen LogP contribution in [0.1, 0.15) is 16.1 Å². The van der Waals surface area contributed by atoms with Gasteiger partial charge >= 0.3 is 5.97 Å². The molecule has 26 heavy (non-hydrogen) atoms. The van der Waals surface area contributed by atoms with Gasteiger partial charge in [0.15, 0.2) is 5.76 Å². The van der Waals surface area contributed by atoms with Gasteiger partial charge < -0.3 is 14.5 Å². The van der Waals surface area contributed by atoms with E-state index in [1.54, 1.807) is 48.5 Å². The zero-order valence-electron chi connectivity index (χ0n) is 14.0. The lowest BCUT2D eigenvalue weighted by atomic mass is 10.1. The van der Waals surface area contributed by atoms with Crippen molar-refractivity contribution in [2.24, 2.45) is 0 Å². The van der Waals surface area contributed by atoms with Crippen molar-refractivity contribution < 1.29 is 18.7 Å². The van der Waals surface area contributed by atoms with Gasteiger partial charge in [-0.1, -0.05) is 35.9 Å². The van der Waals surface area contributed by atoms with Crippen molar-refractivity contribution in [1.82, 2.24) is 0 Å². The Balaban J connectivity index is 1.73. The zero-order valence-corrected chi connectivity index (χ0v) is 14.7. The third-order valence-electron chi connectivity index (χ3n) is 3.70. The quantitative estimate of drug-likeness (QED) is 0.669. The third-order valence-corrected chi connectivity index (χ3v) is 3.94. The lowest BCUT2D eigenvalue weighted by molar-refractivity contribution is -0.139. The van der Waals surface area contributed by atoms with E-state index in [4.69, 9.17) is 16.0 Å². The number of esters is 1. The van der Waals surface area contributed by atoms with Gasteiger partial charge in [-0.15, -0.1) is 0 Å². The van der Waals surface area contributed by atoms with Gasteiger partial charge in [0, 0.05) is 16.3 Å². The van der Waals surface area contributed by atoms with Crippen LogP contribution in [0.25, 0.3) is 11.3 Å². The predicted octanol–water partition coefficient (Wildman–Crippen LogP) is 4.57. The van der Waals surface area contributed by atoms with Crippen LogP contribution in [0.3, 0.4) is 0 Å². The van der Waals surface area contributed by atoms with Crippen LogP contribution in [-0.2, 0) is 16.0 Å². The van der Waals surface area contributed by atoms with Gasteiger partial charge in [0.25, 0.3) is 5.91 Å². The number of anilines is 1. The molecule has 2 aromatic carbocycles. The summed E-state index contributed by atoms with van der Waals surface area (Å²) in [5.41, 5.74) is 2.10. The highest BCUT2D eigenvalue weighted by Crippen LogP contribution is 2.25. The molecule has 0 spiro atoms. The number of hydrogen-bond acceptors (Lipinski definition) is 4. The van der Waals surface area contributed by atoms with Crippen molar-refractivity contribution in [2.75, 3.05) is 12.4 Å². The average molecular weight is 370 g/mol. The van der Waals surface area contributed by atoms with Crippen LogP contribution in [0.15, 0.2) is 65.1 Å². The Hall–Kier alpha value is -3.05. The monoisotopic (exact) mass is 369 g/mol. The van der Waals surface area contributed by atoms with Crippen molar-refractivity contribution in [3.8, 4) is 11.3 Å². The second-order valence-electron chi connectivity index (χ2n) is 5.58. The van der Waals surface area contributed by atoms with Crippen molar-refractivity contribution in [3.05, 3.63) is 77.0 Å². The summed E-state index contributed by atoms with van der Waals surface area (Å²) in [6.07, 6.45) is 0.139. The van der Waals surface area contributed by atoms with Crippen LogP contribution in [-0.4, -0.2) is 19.0 Å². The maximum absolute atomic E-state index is 12.4. The Morgan fingerprint density at radius 3 is 2.65 bits per heavy atom. The number of nitrogens with one attached hydrogen (secondary N) is 1. The summed E-state index contributed by atoms with van der Waals surface area (Å²) < 4.78 is 10.3. The van der Waals surface area contributed by atoms with E-state index in [0.29, 0.717) is 16.5 Å². The Morgan fingerprint density at radius 2 is 1.88 bits per heavy atom. The molecule has 132 valence electrons. The van der Waals surface area contributed by atoms with E-state index in [0.717, 1.165) is 11.1 Å². The van der Waals surface area contributed by atoms with Crippen molar-refractivity contribution in [1.29, 1.82) is 0 Å². The highest BCUT2D eigenvalue weighted by Gasteiger charge is 2.13. The number of halogens is 1. The first-order valence-electron chi connectivity index (χ1n) is 7.88. The van der Waals surface area contributed by atoms with Crippen molar-refractivity contribution in [2.45, 2.75) is 6.42 Å². The van der Waals surface area contributed by atoms with E-state index in [1.807, 2.05) is 12.1 Å². The van der Waals surface area contributed by atoms with Crippen LogP contribution < -0.4 is 5.32 Å². The summed E-state index contributed by atoms with van der Waals surface area (Å²) in [5, 5.41) is 3.35. The number of rotatable bonds is 5. The predicted molar refractivity (Wildman–Crippen MR) is 99.3 cm³/mol. The molecule has 5 nitrogen and oxygen atoms in total. The average Bonchev–Trinajstić information content (AvgIpc) is 3.12. The molecule has 3 aromatic rings. The van der Waals surface area contributed by atoms with E-state index in [9.17, 15) is 9.59 Å². The summed E-state index contributed by atoms with van der Waals surface area (Å²) in [5.74, 6) is 0.00890. The molecular formula is C20H16ClNO4. The van der Waals surface area contributed by atoms with E-state index in [-0.39, 0.29) is 24.1 Å². The molecule has 0 unspecified atom stereocenters. The summed E-state index contributed by atoms with van der Waals surface area (Å²) in [4.78, 5) is 23.8. The highest BCUT2D eigenvalue weighted by atomic mass is 35.5. The van der Waals surface area contributed by atoms with Gasteiger partial charge in [0.2, 0.25) is 0 Å². The molecule has 3 rings (SSSR count). The van der Waals surface area contributed by atoms with Crippen LogP contribution in [0.5, 0.6) is 0 Å². The van der Waals surface area contributed by atoms with Gasteiger partial charge in [-0.25, -0.2) is 0 Å². The largest absolute Gasteiger partial charge is 0.469 e. The molecule has 1 heterocycles. The van der Waals surface area contributed by atoms with Gasteiger partial charge in [-0.2, -0.15) is 0 Å². The summed E-state index contributed by atoms with van der Waals surface area (Å²) in [6, 6.07) is 17.5. The maximum Gasteiger partial charge on any atom is 0.309 e. The minimum absolute atomic E-state index is 0.139. The number of amides is 1. The molecule has 0 saturated heterocycles. The second-order valence-corrected chi connectivity index (χ2v) is 6.02. The minimum atomic E-state index is -0.381. The molecule has 0 aliphatic heterocycles. The number of furan rings is 1. The smallest absolute Gasteiger partial charge is 0.309 e. The lowest BCUT2D eigenvalue weighted by Crippen LogP contribution is -2.11. The SMILES string of the molecule is COC(=O)Cc1cccc(NC(=O)c2ccc(-c3cccc(Cl)c3)o2)c1. The number of hydrogen-bond donors (Lipinski definition) is 1. The summed E-state index contributed by atoms with van der Waals surface area (Å²) >= 11 is 5.98. The summed E-state index contributed by atoms with van der Waals surface area (Å²) in [6.45, 7) is 0. The molecule has 6 heteroatoms. The Kier molecular flexibility index (Phi) is 5.39. The van der Waals surface area contributed by atoms with Gasteiger partial charge in [0.05, 0.1) is 13.5 Å². The first kappa shape index (κ1) is 17.8. The number of ether oxygens (including phenoxy) is 1. The van der Waals surface area contributed by atoms with E-state index >= 15 is 0 Å². The standard InChI is InChI=1S/C20H16ClNO4/c1-25-19(23)11-13-4-2-7-16(10-13)22-20(24)18-9-8-17(26-18)14-5-3-6-15(21)12-14/h2-10,12H,11H2,1H3,(H,22,24). The maximum atomic E-state index is 12.4. The number of methoxy groups -OCH3 is 1. The topological polar surface area (TPSA) is 68.5 Å². The molecule has 0 atom stereocenters. The molecule has 0 radical (unpaired) electrons. The van der Waals surface area contributed by atoms with Crippen LogP contribution >= 0.6 is 11.6 Å². The van der Waals surface area contributed by atoms with Gasteiger partial charge in [-0.05, 0) is 42.0 Å². The molecule has 1 aromatic heterocycles. The van der Waals surface area contributed by atoms with Crippen LogP contribution in [0.4, 0.5) is 5.69 Å². The van der Waals surface area contributed by atoms with Crippen molar-refractivity contribution >= 4 is 29.2 Å². The molecule has 0 saturated carbocycles. The van der Waals surface area contributed by atoms with Crippen LogP contribution in [0, 0.1) is 0 Å². The molecule has 1 amide bonds. The Bertz CT molecular complexity index is 948. The Labute approximate surface area is 155 Å². The first-order valence-corrected chi connectivity index (χ1v) is 8.26. The fourth-order valence-electron chi connectivity index (χ4n) is 2.45. The zero-order chi connectivity index (χ0) is 18.5. The molecule has 0 fully saturated rings. The fourth-order valence-corrected chi connectivity index (χ4v) is 2.64. The Morgan fingerprint density at radius 1 is 1.08 bits per heavy atom. The van der Waals surface area contributed by atoms with Crippen molar-refractivity contribution in [3.63, 3.8) is 0 Å². The van der Waals surface area contributed by atoms with E-state index < -0.39 is 0 Å². The fraction of sp³-hybridized carbons (Fsp3) is 0.100. The number of carbonyl (C=O) groups excluding carboxylic acids is 2. The minimum Gasteiger partial charge on any atom is -0.469 e. The van der Waals surface area contributed by atoms with Gasteiger partial charge in [0.1, 0.15) is 5.76 Å². The second kappa shape index (κ2) is 7.89. The molecule has 0 bridgehead atoms. The van der Waals surface area contributed by atoms with Crippen LogP contribution in [0.2, 0.25) is 5.02 Å².